The molecule has 2 aromatic rings. The number of piperazine rings is 1. The Morgan fingerprint density at radius 2 is 1.84 bits per heavy atom. The van der Waals surface area contributed by atoms with Crippen molar-refractivity contribution < 1.29 is 9.47 Å². The summed E-state index contributed by atoms with van der Waals surface area (Å²) in [4.78, 5) is 10.7. The van der Waals surface area contributed by atoms with Crippen molar-refractivity contribution in [2.24, 2.45) is 0 Å². The van der Waals surface area contributed by atoms with Crippen molar-refractivity contribution in [1.29, 1.82) is 0 Å². The van der Waals surface area contributed by atoms with Crippen LogP contribution in [0.15, 0.2) is 41.4 Å². The van der Waals surface area contributed by atoms with Crippen molar-refractivity contribution in [3.05, 3.63) is 42.1 Å². The summed E-state index contributed by atoms with van der Waals surface area (Å²) in [5.74, 6) is 2.79. The number of rotatable bonds is 4. The van der Waals surface area contributed by atoms with E-state index in [0.29, 0.717) is 12.8 Å². The van der Waals surface area contributed by atoms with Crippen LogP contribution in [0.25, 0.3) is 0 Å². The molecule has 5 nitrogen and oxygen atoms in total. The van der Waals surface area contributed by atoms with Crippen LogP contribution in [-0.2, 0) is 0 Å². The van der Waals surface area contributed by atoms with Gasteiger partial charge >= 0.3 is 0 Å². The van der Waals surface area contributed by atoms with E-state index in [1.807, 2.05) is 12.3 Å². The predicted octanol–water partition coefficient (Wildman–Crippen LogP) is 3.42. The van der Waals surface area contributed by atoms with Crippen LogP contribution in [-0.4, -0.2) is 49.1 Å². The third-order valence-electron chi connectivity index (χ3n) is 5.02. The number of hydrogen-bond donors (Lipinski definition) is 0. The molecule has 2 aliphatic rings. The SMILES string of the molecule is CSc1ccc(N2CCN(C(C)c3ccc4c(c3)OCO4)CC2)nc1. The minimum atomic E-state index is 0.328. The highest BCUT2D eigenvalue weighted by atomic mass is 32.2. The molecule has 0 amide bonds. The quantitative estimate of drug-likeness (QED) is 0.781. The van der Waals surface area contributed by atoms with Crippen molar-refractivity contribution in [2.75, 3.05) is 44.1 Å². The largest absolute Gasteiger partial charge is 0.454 e. The van der Waals surface area contributed by atoms with Crippen LogP contribution in [0.1, 0.15) is 18.5 Å². The summed E-state index contributed by atoms with van der Waals surface area (Å²) in [6.07, 6.45) is 4.04. The number of pyridine rings is 1. The van der Waals surface area contributed by atoms with E-state index in [1.54, 1.807) is 11.8 Å². The molecular formula is C19H23N3O2S. The van der Waals surface area contributed by atoms with Gasteiger partial charge in [-0.05, 0) is 43.0 Å². The molecule has 1 aromatic carbocycles. The second kappa shape index (κ2) is 7.14. The van der Waals surface area contributed by atoms with Gasteiger partial charge in [-0.15, -0.1) is 11.8 Å². The Kier molecular flexibility index (Phi) is 4.72. The van der Waals surface area contributed by atoms with E-state index in [4.69, 9.17) is 9.47 Å². The molecule has 25 heavy (non-hydrogen) atoms. The maximum absolute atomic E-state index is 5.51. The Labute approximate surface area is 152 Å². The van der Waals surface area contributed by atoms with E-state index in [0.717, 1.165) is 43.5 Å². The fraction of sp³-hybridized carbons (Fsp3) is 0.421. The Morgan fingerprint density at radius 1 is 1.04 bits per heavy atom. The number of aromatic nitrogens is 1. The summed E-state index contributed by atoms with van der Waals surface area (Å²) in [5.41, 5.74) is 1.28. The molecule has 132 valence electrons. The van der Waals surface area contributed by atoms with Gasteiger partial charge in [-0.1, -0.05) is 6.07 Å². The van der Waals surface area contributed by atoms with E-state index in [1.165, 1.54) is 10.5 Å². The zero-order valence-electron chi connectivity index (χ0n) is 14.6. The molecule has 4 rings (SSSR count). The first-order valence-electron chi connectivity index (χ1n) is 8.63. The lowest BCUT2D eigenvalue weighted by Gasteiger charge is -2.38. The molecule has 0 bridgehead atoms. The highest BCUT2D eigenvalue weighted by Gasteiger charge is 2.24. The van der Waals surface area contributed by atoms with Gasteiger partial charge < -0.3 is 14.4 Å². The number of nitrogens with zero attached hydrogens (tertiary/aromatic N) is 3. The molecule has 1 saturated heterocycles. The van der Waals surface area contributed by atoms with Gasteiger partial charge in [-0.25, -0.2) is 4.98 Å². The fourth-order valence-electron chi connectivity index (χ4n) is 3.40. The number of ether oxygens (including phenoxy) is 2. The summed E-state index contributed by atoms with van der Waals surface area (Å²) in [6, 6.07) is 10.9. The molecule has 1 unspecified atom stereocenters. The zero-order chi connectivity index (χ0) is 17.2. The number of benzene rings is 1. The Balaban J connectivity index is 1.39. The number of hydrogen-bond acceptors (Lipinski definition) is 6. The lowest BCUT2D eigenvalue weighted by Crippen LogP contribution is -2.47. The van der Waals surface area contributed by atoms with Crippen molar-refractivity contribution in [2.45, 2.75) is 17.9 Å². The summed E-state index contributed by atoms with van der Waals surface area (Å²) in [6.45, 7) is 6.65. The first kappa shape index (κ1) is 16.5. The molecule has 0 saturated carbocycles. The summed E-state index contributed by atoms with van der Waals surface area (Å²) >= 11 is 1.73. The van der Waals surface area contributed by atoms with E-state index in [9.17, 15) is 0 Å². The third kappa shape index (κ3) is 3.41. The van der Waals surface area contributed by atoms with Gasteiger partial charge in [0, 0.05) is 43.3 Å². The molecule has 1 fully saturated rings. The van der Waals surface area contributed by atoms with Crippen LogP contribution in [0.5, 0.6) is 11.5 Å². The fourth-order valence-corrected chi connectivity index (χ4v) is 3.76. The molecule has 0 radical (unpaired) electrons. The molecular weight excluding hydrogens is 334 g/mol. The predicted molar refractivity (Wildman–Crippen MR) is 101 cm³/mol. The van der Waals surface area contributed by atoms with Crippen LogP contribution in [0.4, 0.5) is 5.82 Å². The molecule has 0 aliphatic carbocycles. The lowest BCUT2D eigenvalue weighted by molar-refractivity contribution is 0.173. The van der Waals surface area contributed by atoms with Crippen LogP contribution in [0, 0.1) is 0 Å². The van der Waals surface area contributed by atoms with Crippen LogP contribution in [0.2, 0.25) is 0 Å². The first-order chi connectivity index (χ1) is 12.2. The van der Waals surface area contributed by atoms with Crippen LogP contribution < -0.4 is 14.4 Å². The monoisotopic (exact) mass is 357 g/mol. The van der Waals surface area contributed by atoms with Crippen molar-refractivity contribution >= 4 is 17.6 Å². The molecule has 2 aliphatic heterocycles. The Hall–Kier alpha value is -1.92. The van der Waals surface area contributed by atoms with E-state index < -0.39 is 0 Å². The lowest BCUT2D eigenvalue weighted by atomic mass is 10.1. The summed E-state index contributed by atoms with van der Waals surface area (Å²) in [7, 11) is 0. The normalized spacial score (nSPS) is 18.4. The standard InChI is InChI=1S/C19H23N3O2S/c1-14(15-3-5-17-18(11-15)24-13-23-17)21-7-9-22(10-8-21)19-6-4-16(25-2)12-20-19/h3-6,11-12,14H,7-10,13H2,1-2H3. The number of fused-ring (bicyclic) bond motifs is 1. The topological polar surface area (TPSA) is 37.8 Å². The number of thioether (sulfide) groups is 1. The van der Waals surface area contributed by atoms with Gasteiger partial charge in [0.05, 0.1) is 0 Å². The number of anilines is 1. The van der Waals surface area contributed by atoms with Crippen LogP contribution >= 0.6 is 11.8 Å². The van der Waals surface area contributed by atoms with E-state index in [-0.39, 0.29) is 0 Å². The van der Waals surface area contributed by atoms with Gasteiger partial charge in [0.15, 0.2) is 11.5 Å². The minimum absolute atomic E-state index is 0.328. The minimum Gasteiger partial charge on any atom is -0.454 e. The first-order valence-corrected chi connectivity index (χ1v) is 9.85. The smallest absolute Gasteiger partial charge is 0.231 e. The Morgan fingerprint density at radius 3 is 2.56 bits per heavy atom. The van der Waals surface area contributed by atoms with E-state index in [2.05, 4.69) is 52.2 Å². The van der Waals surface area contributed by atoms with Crippen molar-refractivity contribution in [3.8, 4) is 11.5 Å². The third-order valence-corrected chi connectivity index (χ3v) is 5.73. The molecule has 1 aromatic heterocycles. The average Bonchev–Trinajstić information content (AvgIpc) is 3.15. The summed E-state index contributed by atoms with van der Waals surface area (Å²) in [5, 5.41) is 0. The molecule has 3 heterocycles. The van der Waals surface area contributed by atoms with E-state index >= 15 is 0 Å². The highest BCUT2D eigenvalue weighted by molar-refractivity contribution is 7.98. The second-order valence-corrected chi connectivity index (χ2v) is 7.25. The Bertz CT molecular complexity index is 730. The van der Waals surface area contributed by atoms with Gasteiger partial charge in [-0.2, -0.15) is 0 Å². The van der Waals surface area contributed by atoms with Gasteiger partial charge in [-0.3, -0.25) is 4.90 Å². The zero-order valence-corrected chi connectivity index (χ0v) is 15.5. The van der Waals surface area contributed by atoms with Gasteiger partial charge in [0.25, 0.3) is 0 Å². The molecule has 0 N–H and O–H groups in total. The molecule has 6 heteroatoms. The second-order valence-electron chi connectivity index (χ2n) is 6.37. The molecule has 1 atom stereocenters. The average molecular weight is 357 g/mol. The van der Waals surface area contributed by atoms with Crippen molar-refractivity contribution in [1.82, 2.24) is 9.88 Å². The maximum atomic E-state index is 5.51. The molecule has 0 spiro atoms. The maximum Gasteiger partial charge on any atom is 0.231 e. The van der Waals surface area contributed by atoms with Gasteiger partial charge in [0.1, 0.15) is 5.82 Å². The van der Waals surface area contributed by atoms with Gasteiger partial charge in [0.2, 0.25) is 6.79 Å². The van der Waals surface area contributed by atoms with Crippen LogP contribution in [0.3, 0.4) is 0 Å². The highest BCUT2D eigenvalue weighted by Crippen LogP contribution is 2.35. The summed E-state index contributed by atoms with van der Waals surface area (Å²) < 4.78 is 10.9. The van der Waals surface area contributed by atoms with Crippen molar-refractivity contribution in [3.63, 3.8) is 0 Å².